The van der Waals surface area contributed by atoms with E-state index in [0.29, 0.717) is 42.9 Å². The van der Waals surface area contributed by atoms with Crippen LogP contribution in [0.4, 0.5) is 5.69 Å². The fourth-order valence-electron chi connectivity index (χ4n) is 3.47. The third-order valence-corrected chi connectivity index (χ3v) is 4.89. The molecule has 0 saturated carbocycles. The molecule has 0 aliphatic carbocycles. The van der Waals surface area contributed by atoms with E-state index in [2.05, 4.69) is 9.88 Å². The number of hydrogen-bond acceptors (Lipinski definition) is 6. The average Bonchev–Trinajstić information content (AvgIpc) is 2.73. The summed E-state index contributed by atoms with van der Waals surface area (Å²) in [6, 6.07) is 10.8. The van der Waals surface area contributed by atoms with Gasteiger partial charge in [-0.1, -0.05) is 0 Å². The van der Waals surface area contributed by atoms with Crippen LogP contribution in [0.3, 0.4) is 0 Å². The molecule has 29 heavy (non-hydrogen) atoms. The van der Waals surface area contributed by atoms with E-state index in [1.165, 1.54) is 0 Å². The Bertz CT molecular complexity index is 1070. The van der Waals surface area contributed by atoms with E-state index >= 15 is 0 Å². The van der Waals surface area contributed by atoms with Gasteiger partial charge in [0.1, 0.15) is 16.9 Å². The van der Waals surface area contributed by atoms with Crippen LogP contribution in [-0.4, -0.2) is 48.1 Å². The van der Waals surface area contributed by atoms with E-state index in [0.717, 1.165) is 5.69 Å². The Kier molecular flexibility index (Phi) is 5.20. The van der Waals surface area contributed by atoms with Crippen molar-refractivity contribution in [2.24, 2.45) is 0 Å². The summed E-state index contributed by atoms with van der Waals surface area (Å²) in [7, 11) is 0. The maximum Gasteiger partial charge on any atom is 0.349 e. The molecule has 0 radical (unpaired) electrons. The monoisotopic (exact) mass is 393 g/mol. The van der Waals surface area contributed by atoms with Gasteiger partial charge in [0.15, 0.2) is 0 Å². The van der Waals surface area contributed by atoms with Crippen LogP contribution in [0.2, 0.25) is 0 Å². The van der Waals surface area contributed by atoms with Crippen LogP contribution in [0.1, 0.15) is 24.2 Å². The van der Waals surface area contributed by atoms with Gasteiger partial charge < -0.3 is 19.0 Å². The highest BCUT2D eigenvalue weighted by molar-refractivity contribution is 5.97. The number of carbonyl (C=O) groups excluding carboxylic acids is 1. The van der Waals surface area contributed by atoms with Crippen LogP contribution in [0, 0.1) is 0 Å². The fourth-order valence-corrected chi connectivity index (χ4v) is 3.47. The summed E-state index contributed by atoms with van der Waals surface area (Å²) in [4.78, 5) is 33.4. The lowest BCUT2D eigenvalue weighted by atomic mass is 10.1. The third kappa shape index (κ3) is 4.08. The van der Waals surface area contributed by atoms with Gasteiger partial charge in [-0.15, -0.1) is 0 Å². The number of anilines is 1. The fraction of sp³-hybridized carbons (Fsp3) is 0.318. The SMILES string of the molecule is CC(C)Oc1ccc2cc(C(=O)N3CCN(c4cccnc4)CC3)c(=O)oc2c1. The second-order valence-electron chi connectivity index (χ2n) is 7.30. The number of aromatic nitrogens is 1. The minimum absolute atomic E-state index is 0.0188. The van der Waals surface area contributed by atoms with Crippen LogP contribution < -0.4 is 15.3 Å². The smallest absolute Gasteiger partial charge is 0.349 e. The summed E-state index contributed by atoms with van der Waals surface area (Å²) >= 11 is 0. The van der Waals surface area contributed by atoms with Gasteiger partial charge in [-0.05, 0) is 44.2 Å². The van der Waals surface area contributed by atoms with Gasteiger partial charge in [0.05, 0.1) is 18.0 Å². The molecule has 0 bridgehead atoms. The molecule has 3 aromatic rings. The zero-order valence-electron chi connectivity index (χ0n) is 16.5. The zero-order valence-corrected chi connectivity index (χ0v) is 16.5. The van der Waals surface area contributed by atoms with Gasteiger partial charge in [0.25, 0.3) is 5.91 Å². The summed E-state index contributed by atoms with van der Waals surface area (Å²) in [6.07, 6.45) is 3.57. The summed E-state index contributed by atoms with van der Waals surface area (Å²) in [6.45, 7) is 6.30. The quantitative estimate of drug-likeness (QED) is 0.635. The van der Waals surface area contributed by atoms with E-state index in [4.69, 9.17) is 9.15 Å². The molecule has 0 spiro atoms. The first-order chi connectivity index (χ1) is 14.0. The van der Waals surface area contributed by atoms with E-state index in [-0.39, 0.29) is 17.6 Å². The molecule has 0 unspecified atom stereocenters. The number of fused-ring (bicyclic) bond motifs is 1. The lowest BCUT2D eigenvalue weighted by Crippen LogP contribution is -2.49. The molecular formula is C22H23N3O4. The van der Waals surface area contributed by atoms with E-state index < -0.39 is 5.63 Å². The standard InChI is InChI=1S/C22H23N3O4/c1-15(2)28-18-6-5-16-12-19(22(27)29-20(16)13-18)21(26)25-10-8-24(9-11-25)17-4-3-7-23-14-17/h3-7,12-15H,8-11H2,1-2H3. The molecule has 0 atom stereocenters. The molecule has 7 nitrogen and oxygen atoms in total. The largest absolute Gasteiger partial charge is 0.491 e. The maximum atomic E-state index is 12.9. The van der Waals surface area contributed by atoms with Gasteiger partial charge in [-0.25, -0.2) is 4.79 Å². The number of hydrogen-bond donors (Lipinski definition) is 0. The van der Waals surface area contributed by atoms with Gasteiger partial charge in [0, 0.05) is 43.8 Å². The third-order valence-electron chi connectivity index (χ3n) is 4.89. The Hall–Kier alpha value is -3.35. The topological polar surface area (TPSA) is 75.9 Å². The number of rotatable bonds is 4. The van der Waals surface area contributed by atoms with Crippen LogP contribution in [-0.2, 0) is 0 Å². The van der Waals surface area contributed by atoms with Gasteiger partial charge >= 0.3 is 5.63 Å². The molecule has 7 heteroatoms. The Balaban J connectivity index is 1.51. The second kappa shape index (κ2) is 7.95. The number of carbonyl (C=O) groups is 1. The van der Waals surface area contributed by atoms with Crippen molar-refractivity contribution in [3.8, 4) is 5.75 Å². The molecule has 0 N–H and O–H groups in total. The Morgan fingerprint density at radius 3 is 2.62 bits per heavy atom. The van der Waals surface area contributed by atoms with Crippen molar-refractivity contribution in [1.82, 2.24) is 9.88 Å². The number of pyridine rings is 1. The predicted molar refractivity (Wildman–Crippen MR) is 111 cm³/mol. The molecule has 1 saturated heterocycles. The van der Waals surface area contributed by atoms with Crippen LogP contribution >= 0.6 is 0 Å². The van der Waals surface area contributed by atoms with Crippen molar-refractivity contribution in [3.05, 3.63) is 64.8 Å². The molecule has 4 rings (SSSR count). The van der Waals surface area contributed by atoms with Gasteiger partial charge in [-0.3, -0.25) is 9.78 Å². The van der Waals surface area contributed by atoms with Crippen LogP contribution in [0.15, 0.2) is 58.0 Å². The second-order valence-corrected chi connectivity index (χ2v) is 7.30. The minimum Gasteiger partial charge on any atom is -0.491 e. The summed E-state index contributed by atoms with van der Waals surface area (Å²) in [5.41, 5.74) is 0.874. The van der Waals surface area contributed by atoms with Crippen molar-refractivity contribution in [1.29, 1.82) is 0 Å². The lowest BCUT2D eigenvalue weighted by Gasteiger charge is -2.35. The first-order valence-corrected chi connectivity index (χ1v) is 9.70. The Labute approximate surface area is 168 Å². The molecular weight excluding hydrogens is 370 g/mol. The molecule has 1 aliphatic heterocycles. The Morgan fingerprint density at radius 1 is 1.14 bits per heavy atom. The van der Waals surface area contributed by atoms with Crippen LogP contribution in [0.25, 0.3) is 11.0 Å². The molecule has 2 aromatic heterocycles. The summed E-state index contributed by atoms with van der Waals surface area (Å²) in [5, 5.41) is 0.693. The summed E-state index contributed by atoms with van der Waals surface area (Å²) in [5.74, 6) is 0.329. The number of piperazine rings is 1. The van der Waals surface area contributed by atoms with Gasteiger partial charge in [0.2, 0.25) is 0 Å². The number of amides is 1. The van der Waals surface area contributed by atoms with Crippen molar-refractivity contribution in [2.45, 2.75) is 20.0 Å². The van der Waals surface area contributed by atoms with Crippen LogP contribution in [0.5, 0.6) is 5.75 Å². The van der Waals surface area contributed by atoms with Crippen molar-refractivity contribution in [3.63, 3.8) is 0 Å². The maximum absolute atomic E-state index is 12.9. The van der Waals surface area contributed by atoms with E-state index in [1.807, 2.05) is 38.2 Å². The average molecular weight is 393 g/mol. The number of ether oxygens (including phenoxy) is 1. The molecule has 3 heterocycles. The highest BCUT2D eigenvalue weighted by Crippen LogP contribution is 2.22. The predicted octanol–water partition coefficient (Wildman–Crippen LogP) is 2.94. The first-order valence-electron chi connectivity index (χ1n) is 9.70. The lowest BCUT2D eigenvalue weighted by molar-refractivity contribution is 0.0742. The van der Waals surface area contributed by atoms with Crippen molar-refractivity contribution < 1.29 is 13.9 Å². The normalized spacial score (nSPS) is 14.4. The highest BCUT2D eigenvalue weighted by atomic mass is 16.5. The Morgan fingerprint density at radius 2 is 1.93 bits per heavy atom. The number of nitrogens with zero attached hydrogens (tertiary/aromatic N) is 3. The highest BCUT2D eigenvalue weighted by Gasteiger charge is 2.25. The summed E-state index contributed by atoms with van der Waals surface area (Å²) < 4.78 is 11.1. The van der Waals surface area contributed by atoms with E-state index in [1.54, 1.807) is 29.3 Å². The minimum atomic E-state index is -0.626. The van der Waals surface area contributed by atoms with E-state index in [9.17, 15) is 9.59 Å². The zero-order chi connectivity index (χ0) is 20.4. The van der Waals surface area contributed by atoms with Crippen molar-refractivity contribution in [2.75, 3.05) is 31.1 Å². The molecule has 1 aromatic carbocycles. The van der Waals surface area contributed by atoms with Gasteiger partial charge in [-0.2, -0.15) is 0 Å². The number of benzene rings is 1. The molecule has 1 fully saturated rings. The van der Waals surface area contributed by atoms with Crippen molar-refractivity contribution >= 4 is 22.6 Å². The molecule has 1 amide bonds. The molecule has 1 aliphatic rings. The molecule has 150 valence electrons. The first kappa shape index (κ1) is 19.0.